The van der Waals surface area contributed by atoms with E-state index in [1.54, 1.807) is 28.4 Å². The van der Waals surface area contributed by atoms with E-state index >= 15 is 0 Å². The van der Waals surface area contributed by atoms with Crippen molar-refractivity contribution < 1.29 is 23.7 Å². The maximum Gasteiger partial charge on any atom is 0.310 e. The Balaban J connectivity index is 2.14. The second kappa shape index (κ2) is 9.34. The van der Waals surface area contributed by atoms with E-state index in [2.05, 4.69) is 15.2 Å². The third kappa shape index (κ3) is 4.56. The molecule has 0 radical (unpaired) electrons. The molecule has 8 nitrogen and oxygen atoms in total. The number of likely N-dealkylation sites (tertiary alicyclic amines) is 1. The second-order valence-corrected chi connectivity index (χ2v) is 6.42. The molecule has 1 aromatic carbocycles. The van der Waals surface area contributed by atoms with Gasteiger partial charge in [0, 0.05) is 32.3 Å². The molecule has 0 spiro atoms. The van der Waals surface area contributed by atoms with Crippen LogP contribution in [0.4, 0.5) is 0 Å². The standard InChI is InChI=1S/C19H29N3O5/c1-12-10-22(11-15(12)18(23)27-6)19(20-2)21-9-14-16(25-4)7-13(24-3)8-17(14)26-5/h7-8,12,15H,9-11H2,1-6H3,(H,20,21). The van der Waals surface area contributed by atoms with Crippen LogP contribution in [-0.4, -0.2) is 65.4 Å². The first-order chi connectivity index (χ1) is 13.0. The van der Waals surface area contributed by atoms with Gasteiger partial charge < -0.3 is 29.2 Å². The molecule has 0 amide bonds. The number of carbonyl (C=O) groups excluding carboxylic acids is 1. The molecule has 2 rings (SSSR count). The van der Waals surface area contributed by atoms with Crippen LogP contribution in [0, 0.1) is 11.8 Å². The lowest BCUT2D eigenvalue weighted by Gasteiger charge is -2.23. The van der Waals surface area contributed by atoms with Gasteiger partial charge in [0.2, 0.25) is 0 Å². The highest BCUT2D eigenvalue weighted by molar-refractivity contribution is 5.82. The molecule has 150 valence electrons. The van der Waals surface area contributed by atoms with Crippen LogP contribution >= 0.6 is 0 Å². The molecule has 1 aliphatic heterocycles. The first-order valence-corrected chi connectivity index (χ1v) is 8.81. The molecule has 0 saturated carbocycles. The number of nitrogens with one attached hydrogen (secondary N) is 1. The largest absolute Gasteiger partial charge is 0.496 e. The number of hydrogen-bond donors (Lipinski definition) is 1. The van der Waals surface area contributed by atoms with Crippen molar-refractivity contribution in [2.24, 2.45) is 16.8 Å². The summed E-state index contributed by atoms with van der Waals surface area (Å²) in [6.45, 7) is 3.81. The number of guanidine groups is 1. The molecule has 1 N–H and O–H groups in total. The summed E-state index contributed by atoms with van der Waals surface area (Å²) >= 11 is 0. The van der Waals surface area contributed by atoms with E-state index in [0.717, 1.165) is 12.1 Å². The van der Waals surface area contributed by atoms with Crippen molar-refractivity contribution in [2.75, 3.05) is 48.6 Å². The highest BCUT2D eigenvalue weighted by atomic mass is 16.5. The fraction of sp³-hybridized carbons (Fsp3) is 0.579. The van der Waals surface area contributed by atoms with Crippen LogP contribution in [0.5, 0.6) is 17.2 Å². The molecular formula is C19H29N3O5. The van der Waals surface area contributed by atoms with Crippen molar-refractivity contribution in [3.63, 3.8) is 0 Å². The van der Waals surface area contributed by atoms with Crippen molar-refractivity contribution in [1.29, 1.82) is 0 Å². The predicted molar refractivity (Wildman–Crippen MR) is 103 cm³/mol. The Morgan fingerprint density at radius 3 is 2.26 bits per heavy atom. The zero-order chi connectivity index (χ0) is 20.0. The van der Waals surface area contributed by atoms with E-state index < -0.39 is 0 Å². The number of esters is 1. The Hall–Kier alpha value is -2.64. The average Bonchev–Trinajstić information content (AvgIpc) is 3.08. The molecule has 1 fully saturated rings. The smallest absolute Gasteiger partial charge is 0.310 e. The molecule has 8 heteroatoms. The lowest BCUT2D eigenvalue weighted by molar-refractivity contribution is -0.145. The van der Waals surface area contributed by atoms with E-state index in [1.807, 2.05) is 19.1 Å². The van der Waals surface area contributed by atoms with Crippen LogP contribution in [0.1, 0.15) is 12.5 Å². The molecule has 1 saturated heterocycles. The number of methoxy groups -OCH3 is 4. The maximum atomic E-state index is 11.9. The van der Waals surface area contributed by atoms with Gasteiger partial charge in [-0.2, -0.15) is 0 Å². The normalized spacial score (nSPS) is 19.6. The summed E-state index contributed by atoms with van der Waals surface area (Å²) in [7, 11) is 7.96. The van der Waals surface area contributed by atoms with E-state index in [4.69, 9.17) is 18.9 Å². The number of nitrogens with zero attached hydrogens (tertiary/aromatic N) is 2. The quantitative estimate of drug-likeness (QED) is 0.456. The lowest BCUT2D eigenvalue weighted by Crippen LogP contribution is -2.40. The summed E-state index contributed by atoms with van der Waals surface area (Å²) < 4.78 is 21.2. The van der Waals surface area contributed by atoms with Crippen LogP contribution in [0.25, 0.3) is 0 Å². The van der Waals surface area contributed by atoms with E-state index in [1.165, 1.54) is 7.11 Å². The number of ether oxygens (including phenoxy) is 4. The van der Waals surface area contributed by atoms with Gasteiger partial charge in [-0.05, 0) is 5.92 Å². The van der Waals surface area contributed by atoms with E-state index in [9.17, 15) is 4.79 Å². The second-order valence-electron chi connectivity index (χ2n) is 6.42. The van der Waals surface area contributed by atoms with Crippen LogP contribution in [0.2, 0.25) is 0 Å². The van der Waals surface area contributed by atoms with Gasteiger partial charge in [-0.15, -0.1) is 0 Å². The van der Waals surface area contributed by atoms with E-state index in [-0.39, 0.29) is 17.8 Å². The summed E-state index contributed by atoms with van der Waals surface area (Å²) in [5.41, 5.74) is 0.860. The van der Waals surface area contributed by atoms with Gasteiger partial charge in [0.25, 0.3) is 0 Å². The highest BCUT2D eigenvalue weighted by Gasteiger charge is 2.36. The minimum atomic E-state index is -0.182. The minimum absolute atomic E-state index is 0.154. The number of rotatable bonds is 6. The summed E-state index contributed by atoms with van der Waals surface area (Å²) in [5.74, 6) is 2.56. The van der Waals surface area contributed by atoms with Crippen LogP contribution in [0.3, 0.4) is 0 Å². The third-order valence-corrected chi connectivity index (χ3v) is 4.87. The number of carbonyl (C=O) groups is 1. The van der Waals surface area contributed by atoms with Gasteiger partial charge in [0.15, 0.2) is 5.96 Å². The Labute approximate surface area is 160 Å². The van der Waals surface area contributed by atoms with Crippen LogP contribution < -0.4 is 19.5 Å². The van der Waals surface area contributed by atoms with Crippen LogP contribution in [-0.2, 0) is 16.1 Å². The van der Waals surface area contributed by atoms with Gasteiger partial charge >= 0.3 is 5.97 Å². The summed E-state index contributed by atoms with van der Waals surface area (Å²) in [4.78, 5) is 18.4. The molecule has 0 aliphatic carbocycles. The molecule has 2 atom stereocenters. The molecule has 2 unspecified atom stereocenters. The van der Waals surface area contributed by atoms with Crippen molar-refractivity contribution in [1.82, 2.24) is 10.2 Å². The molecule has 0 bridgehead atoms. The van der Waals surface area contributed by atoms with Gasteiger partial charge in [0.05, 0.1) is 46.5 Å². The van der Waals surface area contributed by atoms with Crippen molar-refractivity contribution in [3.8, 4) is 17.2 Å². The lowest BCUT2D eigenvalue weighted by atomic mass is 9.99. The summed E-state index contributed by atoms with van der Waals surface area (Å²) in [5, 5.41) is 3.34. The molecule has 1 aliphatic rings. The van der Waals surface area contributed by atoms with Crippen LogP contribution in [0.15, 0.2) is 17.1 Å². The number of benzene rings is 1. The van der Waals surface area contributed by atoms with E-state index in [0.29, 0.717) is 36.3 Å². The van der Waals surface area contributed by atoms with Crippen molar-refractivity contribution >= 4 is 11.9 Å². The van der Waals surface area contributed by atoms with Gasteiger partial charge in [-0.1, -0.05) is 6.92 Å². The maximum absolute atomic E-state index is 11.9. The Morgan fingerprint density at radius 1 is 1.15 bits per heavy atom. The van der Waals surface area contributed by atoms with Gasteiger partial charge in [-0.25, -0.2) is 0 Å². The Kier molecular flexibility index (Phi) is 7.15. The molecule has 27 heavy (non-hydrogen) atoms. The summed E-state index contributed by atoms with van der Waals surface area (Å²) in [6, 6.07) is 3.63. The fourth-order valence-electron chi connectivity index (χ4n) is 3.35. The molecular weight excluding hydrogens is 350 g/mol. The Bertz CT molecular complexity index is 667. The molecule has 1 heterocycles. The first kappa shape index (κ1) is 20.7. The van der Waals surface area contributed by atoms with Gasteiger partial charge in [-0.3, -0.25) is 9.79 Å². The van der Waals surface area contributed by atoms with Gasteiger partial charge in [0.1, 0.15) is 17.2 Å². The predicted octanol–water partition coefficient (Wildman–Crippen LogP) is 1.53. The van der Waals surface area contributed by atoms with Crippen molar-refractivity contribution in [2.45, 2.75) is 13.5 Å². The zero-order valence-electron chi connectivity index (χ0n) is 16.9. The minimum Gasteiger partial charge on any atom is -0.496 e. The number of aliphatic imine (C=N–C) groups is 1. The number of hydrogen-bond acceptors (Lipinski definition) is 6. The van der Waals surface area contributed by atoms with Crippen molar-refractivity contribution in [3.05, 3.63) is 17.7 Å². The zero-order valence-corrected chi connectivity index (χ0v) is 16.9. The first-order valence-electron chi connectivity index (χ1n) is 8.81. The third-order valence-electron chi connectivity index (χ3n) is 4.87. The molecule has 1 aromatic rings. The SMILES string of the molecule is CN=C(NCc1c(OC)cc(OC)cc1OC)N1CC(C)C(C(=O)OC)C1. The fourth-order valence-corrected chi connectivity index (χ4v) is 3.35. The average molecular weight is 379 g/mol. The Morgan fingerprint density at radius 2 is 1.78 bits per heavy atom. The molecule has 0 aromatic heterocycles. The highest BCUT2D eigenvalue weighted by Crippen LogP contribution is 2.34. The monoisotopic (exact) mass is 379 g/mol. The summed E-state index contributed by atoms with van der Waals surface area (Å²) in [6.07, 6.45) is 0. The topological polar surface area (TPSA) is 81.6 Å².